The number of carbonyl (C=O) groups is 2. The maximum absolute atomic E-state index is 12.0. The number of anilines is 1. The Kier molecular flexibility index (Phi) is 4.43. The molecular weight excluding hydrogens is 264 g/mol. The maximum Gasteiger partial charge on any atom is 0.229 e. The van der Waals surface area contributed by atoms with Gasteiger partial charge in [-0.2, -0.15) is 0 Å². The SMILES string of the molecule is Cc1ccc(N2C[C@@H](NC(=O)CCCl)CC2=O)cc1. The van der Waals surface area contributed by atoms with Crippen LogP contribution < -0.4 is 10.2 Å². The van der Waals surface area contributed by atoms with E-state index in [-0.39, 0.29) is 24.3 Å². The lowest BCUT2D eigenvalue weighted by Crippen LogP contribution is -2.37. The highest BCUT2D eigenvalue weighted by Gasteiger charge is 2.31. The quantitative estimate of drug-likeness (QED) is 0.856. The smallest absolute Gasteiger partial charge is 0.229 e. The summed E-state index contributed by atoms with van der Waals surface area (Å²) < 4.78 is 0. The molecule has 2 amide bonds. The van der Waals surface area contributed by atoms with Crippen molar-refractivity contribution in [3.05, 3.63) is 29.8 Å². The number of rotatable bonds is 4. The van der Waals surface area contributed by atoms with Gasteiger partial charge in [-0.15, -0.1) is 11.6 Å². The average Bonchev–Trinajstić information content (AvgIpc) is 2.71. The molecule has 1 saturated heterocycles. The number of hydrogen-bond acceptors (Lipinski definition) is 2. The largest absolute Gasteiger partial charge is 0.351 e. The fraction of sp³-hybridized carbons (Fsp3) is 0.429. The summed E-state index contributed by atoms with van der Waals surface area (Å²) in [5, 5.41) is 2.84. The number of nitrogens with one attached hydrogen (secondary N) is 1. The van der Waals surface area contributed by atoms with Gasteiger partial charge in [-0.3, -0.25) is 9.59 Å². The van der Waals surface area contributed by atoms with Crippen LogP contribution in [0.1, 0.15) is 18.4 Å². The Labute approximate surface area is 117 Å². The lowest BCUT2D eigenvalue weighted by atomic mass is 10.2. The molecule has 0 radical (unpaired) electrons. The van der Waals surface area contributed by atoms with Gasteiger partial charge in [0.1, 0.15) is 0 Å². The number of halogens is 1. The summed E-state index contributed by atoms with van der Waals surface area (Å²) >= 11 is 5.51. The van der Waals surface area contributed by atoms with Crippen molar-refractivity contribution in [3.8, 4) is 0 Å². The van der Waals surface area contributed by atoms with Gasteiger partial charge in [0.15, 0.2) is 0 Å². The van der Waals surface area contributed by atoms with Crippen LogP contribution in [-0.4, -0.2) is 30.3 Å². The molecule has 1 aromatic carbocycles. The molecular formula is C14H17ClN2O2. The molecule has 0 aliphatic carbocycles. The van der Waals surface area contributed by atoms with Crippen LogP contribution in [-0.2, 0) is 9.59 Å². The predicted molar refractivity (Wildman–Crippen MR) is 75.4 cm³/mol. The minimum absolute atomic E-state index is 0.0417. The van der Waals surface area contributed by atoms with E-state index in [9.17, 15) is 9.59 Å². The van der Waals surface area contributed by atoms with Gasteiger partial charge in [-0.1, -0.05) is 17.7 Å². The monoisotopic (exact) mass is 280 g/mol. The van der Waals surface area contributed by atoms with E-state index in [1.165, 1.54) is 0 Å². The van der Waals surface area contributed by atoms with Crippen molar-refractivity contribution in [3.63, 3.8) is 0 Å². The van der Waals surface area contributed by atoms with Gasteiger partial charge in [0.05, 0.1) is 6.04 Å². The molecule has 0 spiro atoms. The van der Waals surface area contributed by atoms with Crippen LogP contribution in [0.4, 0.5) is 5.69 Å². The molecule has 5 heteroatoms. The third kappa shape index (κ3) is 3.47. The van der Waals surface area contributed by atoms with Crippen molar-refractivity contribution >= 4 is 29.1 Å². The Morgan fingerprint density at radius 2 is 2.11 bits per heavy atom. The molecule has 1 N–H and O–H groups in total. The second-order valence-corrected chi connectivity index (χ2v) is 5.13. The van der Waals surface area contributed by atoms with Crippen molar-refractivity contribution in [2.24, 2.45) is 0 Å². The van der Waals surface area contributed by atoms with Crippen molar-refractivity contribution in [1.29, 1.82) is 0 Å². The normalized spacial score (nSPS) is 18.7. The molecule has 0 unspecified atom stereocenters. The van der Waals surface area contributed by atoms with E-state index in [0.29, 0.717) is 18.8 Å². The van der Waals surface area contributed by atoms with Crippen molar-refractivity contribution in [1.82, 2.24) is 5.32 Å². The van der Waals surface area contributed by atoms with Gasteiger partial charge in [0, 0.05) is 31.0 Å². The van der Waals surface area contributed by atoms with E-state index in [0.717, 1.165) is 11.3 Å². The lowest BCUT2D eigenvalue weighted by Gasteiger charge is -2.17. The van der Waals surface area contributed by atoms with Crippen LogP contribution >= 0.6 is 11.6 Å². The van der Waals surface area contributed by atoms with Crippen LogP contribution in [0.25, 0.3) is 0 Å². The molecule has 4 nitrogen and oxygen atoms in total. The second kappa shape index (κ2) is 6.06. The van der Waals surface area contributed by atoms with Crippen molar-refractivity contribution in [2.75, 3.05) is 17.3 Å². The predicted octanol–water partition coefficient (Wildman–Crippen LogP) is 1.85. The van der Waals surface area contributed by atoms with E-state index >= 15 is 0 Å². The van der Waals surface area contributed by atoms with Gasteiger partial charge < -0.3 is 10.2 Å². The summed E-state index contributed by atoms with van der Waals surface area (Å²) in [4.78, 5) is 25.1. The summed E-state index contributed by atoms with van der Waals surface area (Å²) in [6, 6.07) is 7.68. The van der Waals surface area contributed by atoms with Crippen LogP contribution in [0.5, 0.6) is 0 Å². The van der Waals surface area contributed by atoms with Crippen LogP contribution in [0, 0.1) is 6.92 Å². The van der Waals surface area contributed by atoms with Crippen LogP contribution in [0.3, 0.4) is 0 Å². The van der Waals surface area contributed by atoms with E-state index in [2.05, 4.69) is 5.32 Å². The van der Waals surface area contributed by atoms with Gasteiger partial charge in [0.25, 0.3) is 0 Å². The number of carbonyl (C=O) groups excluding carboxylic acids is 2. The number of nitrogens with zero attached hydrogens (tertiary/aromatic N) is 1. The van der Waals surface area contributed by atoms with Gasteiger partial charge in [0.2, 0.25) is 11.8 Å². The topological polar surface area (TPSA) is 49.4 Å². The first-order valence-corrected chi connectivity index (χ1v) is 6.86. The lowest BCUT2D eigenvalue weighted by molar-refractivity contribution is -0.121. The van der Waals surface area contributed by atoms with Crippen LogP contribution in [0.2, 0.25) is 0 Å². The first-order valence-electron chi connectivity index (χ1n) is 6.32. The number of amides is 2. The fourth-order valence-electron chi connectivity index (χ4n) is 2.16. The molecule has 1 aromatic rings. The molecule has 1 fully saturated rings. The molecule has 19 heavy (non-hydrogen) atoms. The first kappa shape index (κ1) is 13.9. The third-order valence-electron chi connectivity index (χ3n) is 3.16. The highest BCUT2D eigenvalue weighted by molar-refractivity contribution is 6.18. The van der Waals surface area contributed by atoms with E-state index in [4.69, 9.17) is 11.6 Å². The Bertz CT molecular complexity index is 473. The zero-order valence-corrected chi connectivity index (χ0v) is 11.6. The standard InChI is InChI=1S/C14H17ClN2O2/c1-10-2-4-12(5-3-10)17-9-11(8-14(17)19)16-13(18)6-7-15/h2-5,11H,6-9H2,1H3,(H,16,18)/t11-/m0/s1. The molecule has 1 aliphatic heterocycles. The number of aryl methyl sites for hydroxylation is 1. The van der Waals surface area contributed by atoms with Gasteiger partial charge >= 0.3 is 0 Å². The highest BCUT2D eigenvalue weighted by Crippen LogP contribution is 2.21. The summed E-state index contributed by atoms with van der Waals surface area (Å²) in [6.45, 7) is 2.53. The molecule has 2 rings (SSSR count). The van der Waals surface area contributed by atoms with Crippen LogP contribution in [0.15, 0.2) is 24.3 Å². The summed E-state index contributed by atoms with van der Waals surface area (Å²) in [5.41, 5.74) is 2.03. The average molecular weight is 281 g/mol. The number of benzene rings is 1. The Balaban J connectivity index is 1.99. The van der Waals surface area contributed by atoms with Crippen molar-refractivity contribution in [2.45, 2.75) is 25.8 Å². The molecule has 0 aromatic heterocycles. The second-order valence-electron chi connectivity index (χ2n) is 4.75. The first-order chi connectivity index (χ1) is 9.10. The minimum atomic E-state index is -0.121. The number of alkyl halides is 1. The van der Waals surface area contributed by atoms with Gasteiger partial charge in [-0.05, 0) is 19.1 Å². The fourth-order valence-corrected chi connectivity index (χ4v) is 2.34. The molecule has 0 bridgehead atoms. The Morgan fingerprint density at radius 3 is 2.74 bits per heavy atom. The van der Waals surface area contributed by atoms with E-state index in [1.54, 1.807) is 4.90 Å². The minimum Gasteiger partial charge on any atom is -0.351 e. The Morgan fingerprint density at radius 1 is 1.42 bits per heavy atom. The summed E-state index contributed by atoms with van der Waals surface area (Å²) in [6.07, 6.45) is 0.638. The zero-order chi connectivity index (χ0) is 13.8. The molecule has 1 atom stereocenters. The maximum atomic E-state index is 12.0. The highest BCUT2D eigenvalue weighted by atomic mass is 35.5. The molecule has 1 aliphatic rings. The summed E-state index contributed by atoms with van der Waals surface area (Å²) in [5.74, 6) is 0.243. The molecule has 102 valence electrons. The van der Waals surface area contributed by atoms with E-state index in [1.807, 2.05) is 31.2 Å². The third-order valence-corrected chi connectivity index (χ3v) is 3.35. The Hall–Kier alpha value is -1.55. The van der Waals surface area contributed by atoms with E-state index < -0.39 is 0 Å². The van der Waals surface area contributed by atoms with Crippen molar-refractivity contribution < 1.29 is 9.59 Å². The number of hydrogen-bond donors (Lipinski definition) is 1. The molecule has 1 heterocycles. The van der Waals surface area contributed by atoms with Gasteiger partial charge in [-0.25, -0.2) is 0 Å². The summed E-state index contributed by atoms with van der Waals surface area (Å²) in [7, 11) is 0. The zero-order valence-electron chi connectivity index (χ0n) is 10.9. The molecule has 0 saturated carbocycles.